The summed E-state index contributed by atoms with van der Waals surface area (Å²) in [5, 5.41) is 7.98. The first-order valence-electron chi connectivity index (χ1n) is 7.36. The van der Waals surface area contributed by atoms with Gasteiger partial charge in [0.1, 0.15) is 5.69 Å². The number of nitrogens with one attached hydrogen (secondary N) is 1. The predicted molar refractivity (Wildman–Crippen MR) is 83.7 cm³/mol. The van der Waals surface area contributed by atoms with Crippen molar-refractivity contribution in [1.82, 2.24) is 20.1 Å². The van der Waals surface area contributed by atoms with E-state index in [-0.39, 0.29) is 12.1 Å². The molecule has 5 heteroatoms. The van der Waals surface area contributed by atoms with E-state index < -0.39 is 0 Å². The van der Waals surface area contributed by atoms with Crippen molar-refractivity contribution < 1.29 is 4.74 Å². The fourth-order valence-electron chi connectivity index (χ4n) is 2.53. The first-order chi connectivity index (χ1) is 10.1. The zero-order valence-corrected chi connectivity index (χ0v) is 13.4. The maximum Gasteiger partial charge on any atom is 0.162 e. The molecule has 2 heterocycles. The summed E-state index contributed by atoms with van der Waals surface area (Å²) in [5.74, 6) is 0.791. The minimum atomic E-state index is -0.0314. The highest BCUT2D eigenvalue weighted by Gasteiger charge is 2.26. The van der Waals surface area contributed by atoms with Gasteiger partial charge in [0, 0.05) is 12.2 Å². The van der Waals surface area contributed by atoms with Crippen LogP contribution in [0.4, 0.5) is 0 Å². The molecule has 0 aliphatic rings. The number of hydrogen-bond acceptors (Lipinski definition) is 4. The van der Waals surface area contributed by atoms with Crippen LogP contribution in [0.5, 0.6) is 5.75 Å². The Labute approximate surface area is 126 Å². The Balaban J connectivity index is 2.58. The molecule has 0 spiro atoms. The van der Waals surface area contributed by atoms with Crippen molar-refractivity contribution in [2.75, 3.05) is 13.7 Å². The average molecular weight is 288 g/mol. The molecule has 2 aromatic heterocycles. The third-order valence-corrected chi connectivity index (χ3v) is 3.51. The Morgan fingerprint density at radius 3 is 2.71 bits per heavy atom. The lowest BCUT2D eigenvalue weighted by molar-refractivity contribution is 0.393. The Hall–Kier alpha value is -1.88. The highest BCUT2D eigenvalue weighted by Crippen LogP contribution is 2.32. The lowest BCUT2D eigenvalue weighted by atomic mass is 10.0. The van der Waals surface area contributed by atoms with Crippen molar-refractivity contribution >= 4 is 0 Å². The third kappa shape index (κ3) is 3.08. The van der Waals surface area contributed by atoms with Gasteiger partial charge in [0.05, 0.1) is 25.0 Å². The van der Waals surface area contributed by atoms with Gasteiger partial charge in [-0.1, -0.05) is 13.0 Å². The second kappa shape index (κ2) is 6.72. The number of nitrogens with zero attached hydrogens (tertiary/aromatic N) is 3. The summed E-state index contributed by atoms with van der Waals surface area (Å²) in [6.45, 7) is 9.24. The van der Waals surface area contributed by atoms with Crippen LogP contribution in [0.15, 0.2) is 24.5 Å². The van der Waals surface area contributed by atoms with Gasteiger partial charge in [-0.05, 0) is 38.9 Å². The number of ether oxygens (including phenoxy) is 1. The van der Waals surface area contributed by atoms with Crippen LogP contribution in [-0.4, -0.2) is 28.4 Å². The molecule has 0 fully saturated rings. The van der Waals surface area contributed by atoms with E-state index in [1.54, 1.807) is 13.3 Å². The lowest BCUT2D eigenvalue weighted by Crippen LogP contribution is -2.27. The molecule has 2 aromatic rings. The van der Waals surface area contributed by atoms with Gasteiger partial charge in [0.2, 0.25) is 0 Å². The maximum absolute atomic E-state index is 5.51. The molecule has 0 aromatic carbocycles. The molecule has 1 N–H and O–H groups in total. The SMILES string of the molecule is CCNC(c1ncccc1C)c1c(OC)cnn1C(C)C. The van der Waals surface area contributed by atoms with E-state index >= 15 is 0 Å². The molecule has 1 atom stereocenters. The smallest absolute Gasteiger partial charge is 0.162 e. The molecule has 0 bridgehead atoms. The maximum atomic E-state index is 5.51. The fourth-order valence-corrected chi connectivity index (χ4v) is 2.53. The zero-order valence-electron chi connectivity index (χ0n) is 13.4. The van der Waals surface area contributed by atoms with Gasteiger partial charge >= 0.3 is 0 Å². The summed E-state index contributed by atoms with van der Waals surface area (Å²) < 4.78 is 7.51. The summed E-state index contributed by atoms with van der Waals surface area (Å²) in [6, 6.07) is 4.26. The summed E-state index contributed by atoms with van der Waals surface area (Å²) in [5.41, 5.74) is 3.19. The number of pyridine rings is 1. The molecule has 0 saturated heterocycles. The lowest BCUT2D eigenvalue weighted by Gasteiger charge is -2.23. The molecular weight excluding hydrogens is 264 g/mol. The van der Waals surface area contributed by atoms with Crippen LogP contribution < -0.4 is 10.1 Å². The van der Waals surface area contributed by atoms with Crippen molar-refractivity contribution in [3.05, 3.63) is 41.5 Å². The van der Waals surface area contributed by atoms with Crippen molar-refractivity contribution in [2.24, 2.45) is 0 Å². The summed E-state index contributed by atoms with van der Waals surface area (Å²) in [7, 11) is 1.68. The highest BCUT2D eigenvalue weighted by atomic mass is 16.5. The van der Waals surface area contributed by atoms with Gasteiger partial charge in [-0.2, -0.15) is 5.10 Å². The number of methoxy groups -OCH3 is 1. The molecule has 0 radical (unpaired) electrons. The normalized spacial score (nSPS) is 12.7. The molecule has 0 saturated carbocycles. The first kappa shape index (κ1) is 15.5. The predicted octanol–water partition coefficient (Wildman–Crippen LogP) is 2.87. The van der Waals surface area contributed by atoms with Crippen LogP contribution in [0, 0.1) is 6.92 Å². The standard InChI is InChI=1S/C16H24N4O/c1-6-17-15(14-12(4)8-7-9-18-14)16-13(21-5)10-19-20(16)11(2)3/h7-11,15,17H,6H2,1-5H3. The van der Waals surface area contributed by atoms with E-state index in [2.05, 4.69) is 49.2 Å². The molecule has 1 unspecified atom stereocenters. The largest absolute Gasteiger partial charge is 0.493 e. The summed E-state index contributed by atoms with van der Waals surface area (Å²) >= 11 is 0. The minimum absolute atomic E-state index is 0.0314. The van der Waals surface area contributed by atoms with Crippen LogP contribution in [0.1, 0.15) is 49.8 Å². The quantitative estimate of drug-likeness (QED) is 0.888. The van der Waals surface area contributed by atoms with Gasteiger partial charge < -0.3 is 10.1 Å². The van der Waals surface area contributed by atoms with E-state index in [0.717, 1.165) is 29.2 Å². The van der Waals surface area contributed by atoms with Crippen LogP contribution in [0.3, 0.4) is 0 Å². The Bertz CT molecular complexity index is 592. The second-order valence-electron chi connectivity index (χ2n) is 5.33. The summed E-state index contributed by atoms with van der Waals surface area (Å²) in [6.07, 6.45) is 3.60. The van der Waals surface area contributed by atoms with E-state index in [4.69, 9.17) is 4.74 Å². The Kier molecular flexibility index (Phi) is 4.96. The third-order valence-electron chi connectivity index (χ3n) is 3.51. The van der Waals surface area contributed by atoms with Crippen LogP contribution in [0.2, 0.25) is 0 Å². The first-order valence-corrected chi connectivity index (χ1v) is 7.36. The molecule has 21 heavy (non-hydrogen) atoms. The number of hydrogen-bond donors (Lipinski definition) is 1. The van der Waals surface area contributed by atoms with E-state index in [0.29, 0.717) is 0 Å². The second-order valence-corrected chi connectivity index (χ2v) is 5.33. The molecule has 114 valence electrons. The van der Waals surface area contributed by atoms with E-state index in [1.165, 1.54) is 0 Å². The number of rotatable bonds is 6. The fraction of sp³-hybridized carbons (Fsp3) is 0.500. The van der Waals surface area contributed by atoms with E-state index in [9.17, 15) is 0 Å². The molecule has 0 amide bonds. The van der Waals surface area contributed by atoms with Crippen LogP contribution in [-0.2, 0) is 0 Å². The van der Waals surface area contributed by atoms with Crippen LogP contribution in [0.25, 0.3) is 0 Å². The topological polar surface area (TPSA) is 52.0 Å². The van der Waals surface area contributed by atoms with Crippen molar-refractivity contribution in [1.29, 1.82) is 0 Å². The Morgan fingerprint density at radius 1 is 1.38 bits per heavy atom. The number of aryl methyl sites for hydroxylation is 1. The molecular formula is C16H24N4O. The van der Waals surface area contributed by atoms with Gasteiger partial charge in [0.15, 0.2) is 5.75 Å². The summed E-state index contributed by atoms with van der Waals surface area (Å²) in [4.78, 5) is 4.57. The van der Waals surface area contributed by atoms with Gasteiger partial charge in [0.25, 0.3) is 0 Å². The van der Waals surface area contributed by atoms with Crippen molar-refractivity contribution in [2.45, 2.75) is 39.8 Å². The molecule has 5 nitrogen and oxygen atoms in total. The monoisotopic (exact) mass is 288 g/mol. The minimum Gasteiger partial charge on any atom is -0.493 e. The van der Waals surface area contributed by atoms with Gasteiger partial charge in [-0.3, -0.25) is 9.67 Å². The highest BCUT2D eigenvalue weighted by molar-refractivity contribution is 5.36. The van der Waals surface area contributed by atoms with Gasteiger partial charge in [-0.25, -0.2) is 0 Å². The zero-order chi connectivity index (χ0) is 15.4. The van der Waals surface area contributed by atoms with Crippen molar-refractivity contribution in [3.63, 3.8) is 0 Å². The Morgan fingerprint density at radius 2 is 2.14 bits per heavy atom. The molecule has 2 rings (SSSR count). The van der Waals surface area contributed by atoms with E-state index in [1.807, 2.05) is 16.9 Å². The molecule has 0 aliphatic carbocycles. The van der Waals surface area contributed by atoms with Crippen molar-refractivity contribution in [3.8, 4) is 5.75 Å². The average Bonchev–Trinajstić information content (AvgIpc) is 2.89. The van der Waals surface area contributed by atoms with Crippen LogP contribution >= 0.6 is 0 Å². The van der Waals surface area contributed by atoms with Gasteiger partial charge in [-0.15, -0.1) is 0 Å². The number of aromatic nitrogens is 3. The molecule has 0 aliphatic heterocycles.